The van der Waals surface area contributed by atoms with Gasteiger partial charge in [0.2, 0.25) is 0 Å². The molecule has 6 nitrogen and oxygen atoms in total. The Labute approximate surface area is 184 Å². The van der Waals surface area contributed by atoms with Crippen LogP contribution in [0, 0.1) is 13.8 Å². The molecule has 0 bridgehead atoms. The highest BCUT2D eigenvalue weighted by molar-refractivity contribution is 6.31. The van der Waals surface area contributed by atoms with Crippen molar-refractivity contribution in [3.63, 3.8) is 0 Å². The fraction of sp³-hybridized carbons (Fsp3) is 0.125. The first-order valence-electron chi connectivity index (χ1n) is 9.71. The largest absolute Gasteiger partial charge is 0.454 e. The summed E-state index contributed by atoms with van der Waals surface area (Å²) in [6.07, 6.45) is 0. The van der Waals surface area contributed by atoms with E-state index in [1.54, 1.807) is 54.6 Å². The normalized spacial score (nSPS) is 10.8. The predicted molar refractivity (Wildman–Crippen MR) is 119 cm³/mol. The Morgan fingerprint density at radius 3 is 2.52 bits per heavy atom. The minimum Gasteiger partial charge on any atom is -0.454 e. The van der Waals surface area contributed by atoms with Crippen LogP contribution in [-0.4, -0.2) is 21.5 Å². The van der Waals surface area contributed by atoms with Crippen molar-refractivity contribution in [2.24, 2.45) is 0 Å². The number of ketones is 1. The van der Waals surface area contributed by atoms with E-state index in [9.17, 15) is 9.59 Å². The molecule has 0 aliphatic carbocycles. The van der Waals surface area contributed by atoms with E-state index in [1.807, 2.05) is 30.7 Å². The second-order valence-corrected chi connectivity index (χ2v) is 7.63. The van der Waals surface area contributed by atoms with E-state index in [4.69, 9.17) is 16.0 Å². The monoisotopic (exact) mass is 433 g/mol. The molecule has 0 radical (unpaired) electrons. The second kappa shape index (κ2) is 8.62. The molecule has 4 rings (SSSR count). The topological polar surface area (TPSA) is 77.1 Å². The molecule has 2 aromatic heterocycles. The number of carbonyl (C=O) groups excluding carboxylic acids is 2. The van der Waals surface area contributed by atoms with Crippen LogP contribution in [-0.2, 0) is 6.54 Å². The zero-order valence-corrected chi connectivity index (χ0v) is 17.8. The summed E-state index contributed by atoms with van der Waals surface area (Å²) in [7, 11) is 0. The summed E-state index contributed by atoms with van der Waals surface area (Å²) in [6.45, 7) is 4.30. The number of aryl methyl sites for hydroxylation is 2. The van der Waals surface area contributed by atoms with Crippen LogP contribution in [0.15, 0.2) is 71.1 Å². The third kappa shape index (κ3) is 4.59. The maximum atomic E-state index is 12.9. The summed E-state index contributed by atoms with van der Waals surface area (Å²) in [4.78, 5) is 25.7. The van der Waals surface area contributed by atoms with Crippen molar-refractivity contribution in [1.82, 2.24) is 9.78 Å². The van der Waals surface area contributed by atoms with Gasteiger partial charge in [0.25, 0.3) is 5.91 Å². The second-order valence-electron chi connectivity index (χ2n) is 7.19. The van der Waals surface area contributed by atoms with Crippen LogP contribution in [0.25, 0.3) is 0 Å². The molecule has 0 fully saturated rings. The van der Waals surface area contributed by atoms with Crippen LogP contribution in [0.2, 0.25) is 5.02 Å². The predicted octanol–water partition coefficient (Wildman–Crippen LogP) is 5.28. The molecule has 1 N–H and O–H groups in total. The van der Waals surface area contributed by atoms with Gasteiger partial charge in [0, 0.05) is 21.8 Å². The third-order valence-electron chi connectivity index (χ3n) is 4.80. The average molecular weight is 434 g/mol. The van der Waals surface area contributed by atoms with Gasteiger partial charge >= 0.3 is 0 Å². The zero-order valence-electron chi connectivity index (χ0n) is 17.1. The molecule has 0 atom stereocenters. The molecule has 4 aromatic rings. The lowest BCUT2D eigenvalue weighted by Gasteiger charge is -2.10. The Hall–Kier alpha value is -3.64. The van der Waals surface area contributed by atoms with Crippen LogP contribution >= 0.6 is 11.6 Å². The highest BCUT2D eigenvalue weighted by Crippen LogP contribution is 2.24. The third-order valence-corrected chi connectivity index (χ3v) is 5.04. The molecule has 2 heterocycles. The summed E-state index contributed by atoms with van der Waals surface area (Å²) in [5, 5.41) is 7.57. The molecule has 0 aliphatic heterocycles. The number of benzene rings is 2. The number of amides is 1. The standard InChI is InChI=1S/C24H20ClN3O3/c1-15-12-16(2)28(27-15)14-19-9-11-22(31-19)24(30)26-21-10-8-18(25)13-20(21)23(29)17-6-4-3-5-7-17/h3-13H,14H2,1-2H3,(H,26,30). The van der Waals surface area contributed by atoms with E-state index >= 15 is 0 Å². The quantitative estimate of drug-likeness (QED) is 0.420. The van der Waals surface area contributed by atoms with Crippen molar-refractivity contribution in [3.8, 4) is 0 Å². The van der Waals surface area contributed by atoms with Crippen LogP contribution in [0.5, 0.6) is 0 Å². The first kappa shape index (κ1) is 20.6. The molecule has 31 heavy (non-hydrogen) atoms. The van der Waals surface area contributed by atoms with E-state index in [-0.39, 0.29) is 11.5 Å². The number of hydrogen-bond acceptors (Lipinski definition) is 4. The number of furan rings is 1. The summed E-state index contributed by atoms with van der Waals surface area (Å²) >= 11 is 6.11. The molecule has 0 spiro atoms. The van der Waals surface area contributed by atoms with Crippen LogP contribution in [0.4, 0.5) is 5.69 Å². The number of rotatable bonds is 6. The molecular weight excluding hydrogens is 414 g/mol. The molecule has 0 aliphatic rings. The van der Waals surface area contributed by atoms with E-state index in [0.717, 1.165) is 11.4 Å². The molecular formula is C24H20ClN3O3. The van der Waals surface area contributed by atoms with Gasteiger partial charge in [-0.25, -0.2) is 0 Å². The van der Waals surface area contributed by atoms with Crippen molar-refractivity contribution in [3.05, 3.63) is 106 Å². The Morgan fingerprint density at radius 2 is 1.81 bits per heavy atom. The maximum Gasteiger partial charge on any atom is 0.291 e. The number of aromatic nitrogens is 2. The number of nitrogens with zero attached hydrogens (tertiary/aromatic N) is 2. The molecule has 7 heteroatoms. The van der Waals surface area contributed by atoms with Gasteiger partial charge in [0.15, 0.2) is 11.5 Å². The number of carbonyl (C=O) groups is 2. The van der Waals surface area contributed by atoms with Crippen LogP contribution < -0.4 is 5.32 Å². The molecule has 0 unspecified atom stereocenters. The Morgan fingerprint density at radius 1 is 1.03 bits per heavy atom. The maximum absolute atomic E-state index is 12.9. The van der Waals surface area contributed by atoms with Crippen LogP contribution in [0.3, 0.4) is 0 Å². The smallest absolute Gasteiger partial charge is 0.291 e. The SMILES string of the molecule is Cc1cc(C)n(Cc2ccc(C(=O)Nc3ccc(Cl)cc3C(=O)c3ccccc3)o2)n1. The molecule has 0 saturated heterocycles. The van der Waals surface area contributed by atoms with Gasteiger partial charge in [-0.05, 0) is 50.2 Å². The first-order chi connectivity index (χ1) is 14.9. The van der Waals surface area contributed by atoms with Gasteiger partial charge in [-0.3, -0.25) is 14.3 Å². The highest BCUT2D eigenvalue weighted by atomic mass is 35.5. The fourth-order valence-corrected chi connectivity index (χ4v) is 3.48. The van der Waals surface area contributed by atoms with E-state index in [0.29, 0.717) is 34.1 Å². The van der Waals surface area contributed by atoms with Gasteiger partial charge in [-0.2, -0.15) is 5.10 Å². The Balaban J connectivity index is 1.55. The van der Waals surface area contributed by atoms with Crippen molar-refractivity contribution in [2.75, 3.05) is 5.32 Å². The summed E-state index contributed by atoms with van der Waals surface area (Å²) in [5.74, 6) is 0.0599. The van der Waals surface area contributed by atoms with Gasteiger partial charge in [-0.1, -0.05) is 41.9 Å². The average Bonchev–Trinajstić information content (AvgIpc) is 3.35. The lowest BCUT2D eigenvalue weighted by atomic mass is 10.0. The van der Waals surface area contributed by atoms with E-state index < -0.39 is 5.91 Å². The number of nitrogens with one attached hydrogen (secondary N) is 1. The molecule has 1 amide bonds. The molecule has 156 valence electrons. The molecule has 0 saturated carbocycles. The Kier molecular flexibility index (Phi) is 5.73. The first-order valence-corrected chi connectivity index (χ1v) is 10.1. The summed E-state index contributed by atoms with van der Waals surface area (Å²) in [5.41, 5.74) is 3.09. The lowest BCUT2D eigenvalue weighted by molar-refractivity contribution is 0.0994. The highest BCUT2D eigenvalue weighted by Gasteiger charge is 2.18. The van der Waals surface area contributed by atoms with E-state index in [2.05, 4.69) is 10.4 Å². The van der Waals surface area contributed by atoms with E-state index in [1.165, 1.54) is 0 Å². The Bertz CT molecular complexity index is 1260. The number of anilines is 1. The van der Waals surface area contributed by atoms with Crippen molar-refractivity contribution in [2.45, 2.75) is 20.4 Å². The van der Waals surface area contributed by atoms with Crippen molar-refractivity contribution in [1.29, 1.82) is 0 Å². The van der Waals surface area contributed by atoms with Crippen molar-refractivity contribution >= 4 is 29.0 Å². The fourth-order valence-electron chi connectivity index (χ4n) is 3.31. The zero-order chi connectivity index (χ0) is 22.0. The van der Waals surface area contributed by atoms with Gasteiger partial charge in [0.1, 0.15) is 5.76 Å². The minimum absolute atomic E-state index is 0.143. The number of hydrogen-bond donors (Lipinski definition) is 1. The van der Waals surface area contributed by atoms with Gasteiger partial charge in [-0.15, -0.1) is 0 Å². The minimum atomic E-state index is -0.455. The summed E-state index contributed by atoms with van der Waals surface area (Å²) in [6, 6.07) is 18.9. The lowest BCUT2D eigenvalue weighted by Crippen LogP contribution is -2.14. The number of halogens is 1. The van der Waals surface area contributed by atoms with Crippen molar-refractivity contribution < 1.29 is 14.0 Å². The molecule has 2 aromatic carbocycles. The van der Waals surface area contributed by atoms with Gasteiger partial charge in [0.05, 0.1) is 17.9 Å². The van der Waals surface area contributed by atoms with Crippen LogP contribution in [0.1, 0.15) is 43.6 Å². The summed E-state index contributed by atoms with van der Waals surface area (Å²) < 4.78 is 7.52. The van der Waals surface area contributed by atoms with Gasteiger partial charge < -0.3 is 9.73 Å².